The molecule has 0 saturated carbocycles. The zero-order valence-corrected chi connectivity index (χ0v) is 10.4. The summed E-state index contributed by atoms with van der Waals surface area (Å²) >= 11 is 5.94. The Labute approximate surface area is 98.3 Å². The van der Waals surface area contributed by atoms with Crippen molar-refractivity contribution < 1.29 is 4.21 Å². The van der Waals surface area contributed by atoms with Crippen molar-refractivity contribution >= 4 is 22.4 Å². The molecule has 0 fully saturated rings. The van der Waals surface area contributed by atoms with Crippen LogP contribution in [0.5, 0.6) is 0 Å². The van der Waals surface area contributed by atoms with Crippen molar-refractivity contribution in [3.63, 3.8) is 0 Å². The molecule has 0 heterocycles. The molecule has 0 aliphatic rings. The number of rotatable bonds is 5. The molecule has 2 unspecified atom stereocenters. The Hall–Kier alpha value is -0.380. The van der Waals surface area contributed by atoms with Crippen LogP contribution >= 0.6 is 11.6 Å². The number of hydrogen-bond acceptors (Lipinski definition) is 2. The molecule has 2 N–H and O–H groups in total. The number of benzene rings is 1. The lowest BCUT2D eigenvalue weighted by molar-refractivity contribution is 0.644. The van der Waals surface area contributed by atoms with Crippen LogP contribution in [0.15, 0.2) is 29.2 Å². The molecular weight excluding hydrogens is 230 g/mol. The van der Waals surface area contributed by atoms with Crippen molar-refractivity contribution in [1.82, 2.24) is 0 Å². The zero-order chi connectivity index (χ0) is 11.3. The van der Waals surface area contributed by atoms with Gasteiger partial charge in [-0.05, 0) is 31.9 Å². The highest BCUT2D eigenvalue weighted by molar-refractivity contribution is 7.85. The molecule has 0 saturated heterocycles. The number of nitrogens with two attached hydrogens (primary N) is 1. The molecule has 0 aromatic heterocycles. The van der Waals surface area contributed by atoms with Crippen molar-refractivity contribution in [2.45, 2.75) is 30.7 Å². The Morgan fingerprint density at radius 1 is 1.47 bits per heavy atom. The van der Waals surface area contributed by atoms with Crippen LogP contribution < -0.4 is 5.73 Å². The Morgan fingerprint density at radius 2 is 2.13 bits per heavy atom. The highest BCUT2D eigenvalue weighted by Gasteiger charge is 2.07. The SMILES string of the molecule is CC(N)CCCS(=O)c1ccccc1Cl. The Kier molecular flexibility index (Phi) is 5.29. The topological polar surface area (TPSA) is 43.1 Å². The van der Waals surface area contributed by atoms with Crippen LogP contribution in [0.3, 0.4) is 0 Å². The molecule has 1 aromatic rings. The minimum absolute atomic E-state index is 0.174. The van der Waals surface area contributed by atoms with Crippen molar-refractivity contribution in [3.05, 3.63) is 29.3 Å². The lowest BCUT2D eigenvalue weighted by Gasteiger charge is -2.06. The van der Waals surface area contributed by atoms with Crippen LogP contribution in [-0.4, -0.2) is 16.0 Å². The van der Waals surface area contributed by atoms with E-state index in [1.165, 1.54) is 0 Å². The van der Waals surface area contributed by atoms with Crippen LogP contribution in [0.4, 0.5) is 0 Å². The van der Waals surface area contributed by atoms with E-state index >= 15 is 0 Å². The molecule has 0 aliphatic carbocycles. The van der Waals surface area contributed by atoms with E-state index in [0.717, 1.165) is 17.7 Å². The smallest absolute Gasteiger partial charge is 0.0574 e. The second kappa shape index (κ2) is 6.26. The maximum atomic E-state index is 11.8. The van der Waals surface area contributed by atoms with E-state index in [4.69, 9.17) is 17.3 Å². The molecule has 0 amide bonds. The van der Waals surface area contributed by atoms with Crippen LogP contribution in [0.2, 0.25) is 5.02 Å². The maximum absolute atomic E-state index is 11.8. The van der Waals surface area contributed by atoms with Gasteiger partial charge in [0.2, 0.25) is 0 Å². The van der Waals surface area contributed by atoms with Crippen LogP contribution in [-0.2, 0) is 10.8 Å². The molecule has 2 nitrogen and oxygen atoms in total. The predicted octanol–water partition coefficient (Wildman–Crippen LogP) is 2.58. The van der Waals surface area contributed by atoms with Crippen molar-refractivity contribution in [3.8, 4) is 0 Å². The predicted molar refractivity (Wildman–Crippen MR) is 65.6 cm³/mol. The summed E-state index contributed by atoms with van der Waals surface area (Å²) in [5.74, 6) is 0.630. The fourth-order valence-corrected chi connectivity index (χ4v) is 2.83. The molecular formula is C11H16ClNOS. The van der Waals surface area contributed by atoms with Gasteiger partial charge in [0, 0.05) is 11.8 Å². The summed E-state index contributed by atoms with van der Waals surface area (Å²) in [5.41, 5.74) is 5.62. The summed E-state index contributed by atoms with van der Waals surface area (Å²) in [6.07, 6.45) is 1.77. The average molecular weight is 246 g/mol. The van der Waals surface area contributed by atoms with Gasteiger partial charge >= 0.3 is 0 Å². The van der Waals surface area contributed by atoms with Gasteiger partial charge in [-0.1, -0.05) is 23.7 Å². The van der Waals surface area contributed by atoms with E-state index in [-0.39, 0.29) is 6.04 Å². The van der Waals surface area contributed by atoms with Crippen molar-refractivity contribution in [2.75, 3.05) is 5.75 Å². The molecule has 4 heteroatoms. The van der Waals surface area contributed by atoms with E-state index < -0.39 is 10.8 Å². The summed E-state index contributed by atoms with van der Waals surface area (Å²) in [4.78, 5) is 0.726. The lowest BCUT2D eigenvalue weighted by Crippen LogP contribution is -2.15. The molecule has 1 aromatic carbocycles. The molecule has 0 spiro atoms. The van der Waals surface area contributed by atoms with E-state index in [9.17, 15) is 4.21 Å². The minimum atomic E-state index is -0.999. The highest BCUT2D eigenvalue weighted by Crippen LogP contribution is 2.19. The van der Waals surface area contributed by atoms with Gasteiger partial charge in [0.15, 0.2) is 0 Å². The fourth-order valence-electron chi connectivity index (χ4n) is 1.28. The van der Waals surface area contributed by atoms with Gasteiger partial charge in [-0.15, -0.1) is 0 Å². The van der Waals surface area contributed by atoms with Gasteiger partial charge in [-0.25, -0.2) is 0 Å². The summed E-state index contributed by atoms with van der Waals surface area (Å²) < 4.78 is 11.8. The summed E-state index contributed by atoms with van der Waals surface area (Å²) in [6, 6.07) is 7.44. The molecule has 0 bridgehead atoms. The van der Waals surface area contributed by atoms with E-state index in [2.05, 4.69) is 0 Å². The van der Waals surface area contributed by atoms with Crippen LogP contribution in [0, 0.1) is 0 Å². The van der Waals surface area contributed by atoms with Gasteiger partial charge in [-0.2, -0.15) is 0 Å². The first kappa shape index (κ1) is 12.7. The Balaban J connectivity index is 2.51. The third-order valence-electron chi connectivity index (χ3n) is 2.07. The molecule has 2 atom stereocenters. The summed E-state index contributed by atoms with van der Waals surface area (Å²) in [5, 5.41) is 0.580. The Bertz CT molecular complexity index is 341. The molecule has 84 valence electrons. The van der Waals surface area contributed by atoms with Gasteiger partial charge in [0.1, 0.15) is 0 Å². The molecule has 1 rings (SSSR count). The largest absolute Gasteiger partial charge is 0.328 e. The van der Waals surface area contributed by atoms with Crippen molar-refractivity contribution in [2.24, 2.45) is 5.73 Å². The maximum Gasteiger partial charge on any atom is 0.0574 e. The summed E-state index contributed by atoms with van der Waals surface area (Å²) in [6.45, 7) is 1.96. The first-order chi connectivity index (χ1) is 7.11. The Morgan fingerprint density at radius 3 is 2.73 bits per heavy atom. The van der Waals surface area contributed by atoms with Crippen LogP contribution in [0.1, 0.15) is 19.8 Å². The molecule has 0 aliphatic heterocycles. The average Bonchev–Trinajstić information content (AvgIpc) is 2.17. The second-order valence-corrected chi connectivity index (χ2v) is 5.55. The van der Waals surface area contributed by atoms with Gasteiger partial charge in [0.05, 0.1) is 20.7 Å². The number of halogens is 1. The van der Waals surface area contributed by atoms with E-state index in [1.807, 2.05) is 25.1 Å². The van der Waals surface area contributed by atoms with E-state index in [0.29, 0.717) is 10.8 Å². The van der Waals surface area contributed by atoms with Gasteiger partial charge in [0.25, 0.3) is 0 Å². The normalized spacial score (nSPS) is 14.9. The van der Waals surface area contributed by atoms with Crippen LogP contribution in [0.25, 0.3) is 0 Å². The zero-order valence-electron chi connectivity index (χ0n) is 8.78. The van der Waals surface area contributed by atoms with E-state index in [1.54, 1.807) is 6.07 Å². The first-order valence-corrected chi connectivity index (χ1v) is 6.69. The number of hydrogen-bond donors (Lipinski definition) is 1. The quantitative estimate of drug-likeness (QED) is 0.867. The third-order valence-corrected chi connectivity index (χ3v) is 4.02. The van der Waals surface area contributed by atoms with Gasteiger partial charge in [-0.3, -0.25) is 4.21 Å². The second-order valence-electron chi connectivity index (χ2n) is 3.60. The molecule has 15 heavy (non-hydrogen) atoms. The highest BCUT2D eigenvalue weighted by atomic mass is 35.5. The first-order valence-electron chi connectivity index (χ1n) is 4.99. The lowest BCUT2D eigenvalue weighted by atomic mass is 10.2. The minimum Gasteiger partial charge on any atom is -0.328 e. The third kappa shape index (κ3) is 4.33. The standard InChI is InChI=1S/C11H16ClNOS/c1-9(13)5-4-8-15(14)11-7-3-2-6-10(11)12/h2-3,6-7,9H,4-5,8,13H2,1H3. The fraction of sp³-hybridized carbons (Fsp3) is 0.455. The van der Waals surface area contributed by atoms with Gasteiger partial charge < -0.3 is 5.73 Å². The van der Waals surface area contributed by atoms with Crippen molar-refractivity contribution in [1.29, 1.82) is 0 Å². The summed E-state index contributed by atoms with van der Waals surface area (Å²) in [7, 11) is -0.999. The molecule has 0 radical (unpaired) electrons. The monoisotopic (exact) mass is 245 g/mol.